The van der Waals surface area contributed by atoms with Crippen LogP contribution in [0.4, 0.5) is 17.2 Å². The van der Waals surface area contributed by atoms with E-state index in [-0.39, 0.29) is 12.5 Å². The minimum atomic E-state index is -0.256. The number of hydrogen-bond donors (Lipinski definition) is 1. The second-order valence-electron chi connectivity index (χ2n) is 6.78. The number of nitrogens with one attached hydrogen (secondary N) is 1. The lowest BCUT2D eigenvalue weighted by molar-refractivity contribution is -0.118. The smallest absolute Gasteiger partial charge is 0.262 e. The molecule has 1 N–H and O–H groups in total. The Kier molecular flexibility index (Phi) is 5.61. The standard InChI is InChI=1S/C23H23N3O3/c1-28-20-10-4-5-11-21(20)29-16-23(27)25-18-12-13-22(24-15-18)26-14-6-8-17-7-2-3-9-19(17)26/h2-5,7,9-13,15H,6,8,14,16H2,1H3,(H,25,27). The fourth-order valence-corrected chi connectivity index (χ4v) is 3.47. The Morgan fingerprint density at radius 3 is 2.66 bits per heavy atom. The molecule has 0 aliphatic carbocycles. The van der Waals surface area contributed by atoms with E-state index in [0.717, 1.165) is 25.2 Å². The second kappa shape index (κ2) is 8.65. The molecular formula is C23H23N3O3. The Balaban J connectivity index is 1.38. The van der Waals surface area contributed by atoms with Crippen LogP contribution in [0.1, 0.15) is 12.0 Å². The van der Waals surface area contributed by atoms with Crippen molar-refractivity contribution >= 4 is 23.1 Å². The first-order valence-electron chi connectivity index (χ1n) is 9.62. The highest BCUT2D eigenvalue weighted by Crippen LogP contribution is 2.32. The van der Waals surface area contributed by atoms with E-state index in [9.17, 15) is 4.79 Å². The number of benzene rings is 2. The van der Waals surface area contributed by atoms with E-state index in [1.54, 1.807) is 25.4 Å². The normalized spacial score (nSPS) is 12.8. The largest absolute Gasteiger partial charge is 0.493 e. The van der Waals surface area contributed by atoms with Crippen molar-refractivity contribution in [1.29, 1.82) is 0 Å². The molecular weight excluding hydrogens is 366 g/mol. The number of ether oxygens (including phenoxy) is 2. The highest BCUT2D eigenvalue weighted by atomic mass is 16.5. The number of aryl methyl sites for hydroxylation is 1. The van der Waals surface area contributed by atoms with Gasteiger partial charge in [0, 0.05) is 12.2 Å². The summed E-state index contributed by atoms with van der Waals surface area (Å²) in [6.07, 6.45) is 3.86. The summed E-state index contributed by atoms with van der Waals surface area (Å²) in [4.78, 5) is 19.0. The minimum Gasteiger partial charge on any atom is -0.493 e. The zero-order chi connectivity index (χ0) is 20.1. The average Bonchev–Trinajstić information content (AvgIpc) is 2.78. The van der Waals surface area contributed by atoms with Crippen LogP contribution in [-0.4, -0.2) is 31.2 Å². The molecule has 0 fully saturated rings. The van der Waals surface area contributed by atoms with Gasteiger partial charge in [-0.25, -0.2) is 4.98 Å². The molecule has 0 spiro atoms. The molecule has 2 aromatic carbocycles. The highest BCUT2D eigenvalue weighted by molar-refractivity contribution is 5.91. The van der Waals surface area contributed by atoms with E-state index in [2.05, 4.69) is 33.4 Å². The summed E-state index contributed by atoms with van der Waals surface area (Å²) < 4.78 is 10.8. The predicted octanol–water partition coefficient (Wildman–Crippen LogP) is 4.19. The third-order valence-corrected chi connectivity index (χ3v) is 4.85. The number of carbonyl (C=O) groups excluding carboxylic acids is 1. The van der Waals surface area contributed by atoms with Crippen molar-refractivity contribution in [2.24, 2.45) is 0 Å². The number of methoxy groups -OCH3 is 1. The SMILES string of the molecule is COc1ccccc1OCC(=O)Nc1ccc(N2CCCc3ccccc32)nc1. The van der Waals surface area contributed by atoms with Crippen molar-refractivity contribution in [2.75, 3.05) is 30.5 Å². The number of pyridine rings is 1. The topological polar surface area (TPSA) is 63.7 Å². The van der Waals surface area contributed by atoms with Gasteiger partial charge < -0.3 is 19.7 Å². The van der Waals surface area contributed by atoms with Gasteiger partial charge in [0.15, 0.2) is 18.1 Å². The zero-order valence-corrected chi connectivity index (χ0v) is 16.3. The summed E-state index contributed by atoms with van der Waals surface area (Å²) in [5.74, 6) is 1.74. The summed E-state index contributed by atoms with van der Waals surface area (Å²) in [7, 11) is 1.57. The maximum atomic E-state index is 12.2. The van der Waals surface area contributed by atoms with E-state index in [0.29, 0.717) is 17.2 Å². The van der Waals surface area contributed by atoms with Gasteiger partial charge in [-0.05, 0) is 48.7 Å². The molecule has 1 aliphatic rings. The predicted molar refractivity (Wildman–Crippen MR) is 113 cm³/mol. The number of amides is 1. The second-order valence-corrected chi connectivity index (χ2v) is 6.78. The molecule has 0 saturated carbocycles. The summed E-state index contributed by atoms with van der Waals surface area (Å²) >= 11 is 0. The fourth-order valence-electron chi connectivity index (χ4n) is 3.47. The van der Waals surface area contributed by atoms with E-state index in [1.807, 2.05) is 30.3 Å². The Bertz CT molecular complexity index is 989. The number of nitrogens with zero attached hydrogens (tertiary/aromatic N) is 2. The van der Waals surface area contributed by atoms with Crippen molar-refractivity contribution in [3.63, 3.8) is 0 Å². The van der Waals surface area contributed by atoms with Crippen LogP contribution in [0.3, 0.4) is 0 Å². The van der Waals surface area contributed by atoms with Crippen molar-refractivity contribution in [1.82, 2.24) is 4.98 Å². The number of fused-ring (bicyclic) bond motifs is 1. The lowest BCUT2D eigenvalue weighted by Crippen LogP contribution is -2.25. The van der Waals surface area contributed by atoms with Gasteiger partial charge in [0.1, 0.15) is 5.82 Å². The summed E-state index contributed by atoms with van der Waals surface area (Å²) in [5.41, 5.74) is 3.17. The Morgan fingerprint density at radius 1 is 1.07 bits per heavy atom. The molecule has 148 valence electrons. The summed E-state index contributed by atoms with van der Waals surface area (Å²) in [6, 6.07) is 19.4. The molecule has 6 nitrogen and oxygen atoms in total. The van der Waals surface area contributed by atoms with Crippen LogP contribution in [0.15, 0.2) is 66.9 Å². The van der Waals surface area contributed by atoms with Gasteiger partial charge >= 0.3 is 0 Å². The minimum absolute atomic E-state index is 0.109. The first-order valence-corrected chi connectivity index (χ1v) is 9.62. The lowest BCUT2D eigenvalue weighted by Gasteiger charge is -2.30. The Morgan fingerprint density at radius 2 is 1.86 bits per heavy atom. The Hall–Kier alpha value is -3.54. The third-order valence-electron chi connectivity index (χ3n) is 4.85. The fraction of sp³-hybridized carbons (Fsp3) is 0.217. The monoisotopic (exact) mass is 389 g/mol. The summed E-state index contributed by atoms with van der Waals surface area (Å²) in [5, 5.41) is 2.81. The van der Waals surface area contributed by atoms with Crippen LogP contribution in [0, 0.1) is 0 Å². The van der Waals surface area contributed by atoms with Crippen LogP contribution >= 0.6 is 0 Å². The van der Waals surface area contributed by atoms with Gasteiger partial charge in [-0.15, -0.1) is 0 Å². The van der Waals surface area contributed by atoms with Crippen LogP contribution in [0.25, 0.3) is 0 Å². The Labute approximate surface area is 170 Å². The average molecular weight is 389 g/mol. The molecule has 1 aliphatic heterocycles. The number of anilines is 3. The third kappa shape index (κ3) is 4.32. The molecule has 0 saturated heterocycles. The van der Waals surface area contributed by atoms with Gasteiger partial charge in [-0.3, -0.25) is 4.79 Å². The van der Waals surface area contributed by atoms with E-state index < -0.39 is 0 Å². The zero-order valence-electron chi connectivity index (χ0n) is 16.3. The number of rotatable bonds is 6. The first kappa shape index (κ1) is 18.8. The molecule has 1 amide bonds. The molecule has 1 aromatic heterocycles. The molecule has 4 rings (SSSR count). The van der Waals surface area contributed by atoms with Gasteiger partial charge in [0.2, 0.25) is 0 Å². The van der Waals surface area contributed by atoms with Crippen molar-refractivity contribution < 1.29 is 14.3 Å². The van der Waals surface area contributed by atoms with Gasteiger partial charge in [0.25, 0.3) is 5.91 Å². The van der Waals surface area contributed by atoms with Gasteiger partial charge in [0.05, 0.1) is 19.0 Å². The molecule has 0 bridgehead atoms. The quantitative estimate of drug-likeness (QED) is 0.685. The number of para-hydroxylation sites is 3. The van der Waals surface area contributed by atoms with Crippen molar-refractivity contribution in [3.05, 3.63) is 72.4 Å². The molecule has 0 radical (unpaired) electrons. The highest BCUT2D eigenvalue weighted by Gasteiger charge is 2.18. The number of hydrogen-bond acceptors (Lipinski definition) is 5. The van der Waals surface area contributed by atoms with E-state index in [1.165, 1.54) is 11.3 Å². The molecule has 6 heteroatoms. The number of carbonyl (C=O) groups is 1. The maximum absolute atomic E-state index is 12.2. The van der Waals surface area contributed by atoms with Gasteiger partial charge in [-0.2, -0.15) is 0 Å². The lowest BCUT2D eigenvalue weighted by atomic mass is 10.0. The molecule has 0 unspecified atom stereocenters. The number of aromatic nitrogens is 1. The van der Waals surface area contributed by atoms with Gasteiger partial charge in [-0.1, -0.05) is 30.3 Å². The first-order chi connectivity index (χ1) is 14.2. The molecule has 29 heavy (non-hydrogen) atoms. The molecule has 2 heterocycles. The van der Waals surface area contributed by atoms with E-state index in [4.69, 9.17) is 9.47 Å². The van der Waals surface area contributed by atoms with Crippen molar-refractivity contribution in [3.8, 4) is 11.5 Å². The van der Waals surface area contributed by atoms with Crippen LogP contribution in [0.5, 0.6) is 11.5 Å². The van der Waals surface area contributed by atoms with Crippen LogP contribution < -0.4 is 19.7 Å². The maximum Gasteiger partial charge on any atom is 0.262 e. The van der Waals surface area contributed by atoms with Crippen LogP contribution in [-0.2, 0) is 11.2 Å². The molecule has 0 atom stereocenters. The molecule has 3 aromatic rings. The summed E-state index contributed by atoms with van der Waals surface area (Å²) in [6.45, 7) is 0.824. The van der Waals surface area contributed by atoms with Crippen LogP contribution in [0.2, 0.25) is 0 Å². The van der Waals surface area contributed by atoms with E-state index >= 15 is 0 Å². The van der Waals surface area contributed by atoms with Crippen molar-refractivity contribution in [2.45, 2.75) is 12.8 Å².